The SMILES string of the molecule is Nc1cc(OCCOCCOCCOCCOc2cc(N)nc3ccccc23)c2ccccc2n1. The predicted octanol–water partition coefficient (Wildman–Crippen LogP) is 3.46. The number of fused-ring (bicyclic) bond motifs is 2. The molecule has 0 saturated carbocycles. The van der Waals surface area contributed by atoms with Crippen LogP contribution in [0, 0.1) is 0 Å². The predicted molar refractivity (Wildman–Crippen MR) is 136 cm³/mol. The smallest absolute Gasteiger partial charge is 0.132 e. The molecule has 4 rings (SSSR count). The molecule has 0 spiro atoms. The van der Waals surface area contributed by atoms with Gasteiger partial charge in [0.05, 0.1) is 50.7 Å². The van der Waals surface area contributed by atoms with Gasteiger partial charge in [0.1, 0.15) is 36.3 Å². The normalized spacial score (nSPS) is 11.2. The van der Waals surface area contributed by atoms with Crippen molar-refractivity contribution in [3.8, 4) is 11.5 Å². The summed E-state index contributed by atoms with van der Waals surface area (Å²) in [5, 5.41) is 1.85. The standard InChI is InChI=1S/C26H30N4O5/c27-25-17-23(19-5-1-3-7-21(19)29-25)34-15-13-32-11-9-31-10-12-33-14-16-35-24-18-26(28)30-22-8-4-2-6-20(22)24/h1-8,17-18H,9-16H2,(H2,27,29)(H2,28,30). The minimum Gasteiger partial charge on any atom is -0.490 e. The van der Waals surface area contributed by atoms with Crippen LogP contribution < -0.4 is 20.9 Å². The second-order valence-corrected chi connectivity index (χ2v) is 7.66. The summed E-state index contributed by atoms with van der Waals surface area (Å²) >= 11 is 0. The second-order valence-electron chi connectivity index (χ2n) is 7.66. The highest BCUT2D eigenvalue weighted by atomic mass is 16.6. The molecule has 0 unspecified atom stereocenters. The molecular weight excluding hydrogens is 448 g/mol. The molecule has 0 aliphatic carbocycles. The van der Waals surface area contributed by atoms with Gasteiger partial charge >= 0.3 is 0 Å². The lowest BCUT2D eigenvalue weighted by molar-refractivity contribution is 0.00512. The number of para-hydroxylation sites is 2. The molecule has 4 N–H and O–H groups in total. The molecule has 2 heterocycles. The number of anilines is 2. The number of pyridine rings is 2. The highest BCUT2D eigenvalue weighted by molar-refractivity contribution is 5.87. The molecule has 0 aliphatic rings. The molecule has 9 heteroatoms. The minimum atomic E-state index is 0.412. The number of hydrogen-bond acceptors (Lipinski definition) is 9. The molecule has 9 nitrogen and oxygen atoms in total. The summed E-state index contributed by atoms with van der Waals surface area (Å²) in [4.78, 5) is 8.60. The van der Waals surface area contributed by atoms with E-state index < -0.39 is 0 Å². The minimum absolute atomic E-state index is 0.412. The molecular formula is C26H30N4O5. The highest BCUT2D eigenvalue weighted by Crippen LogP contribution is 2.27. The first-order chi connectivity index (χ1) is 17.2. The number of nitrogens with two attached hydrogens (primary N) is 2. The summed E-state index contributed by atoms with van der Waals surface area (Å²) in [6.45, 7) is 3.62. The first kappa shape index (κ1) is 24.5. The van der Waals surface area contributed by atoms with Gasteiger partial charge in [-0.1, -0.05) is 24.3 Å². The summed E-state index contributed by atoms with van der Waals surface area (Å²) in [5.41, 5.74) is 13.3. The Morgan fingerprint density at radius 1 is 0.514 bits per heavy atom. The Hall–Kier alpha value is -3.66. The number of aromatic nitrogens is 2. The maximum Gasteiger partial charge on any atom is 0.132 e. The molecule has 184 valence electrons. The monoisotopic (exact) mass is 478 g/mol. The third-order valence-corrected chi connectivity index (χ3v) is 5.11. The molecule has 4 aromatic rings. The molecule has 2 aromatic carbocycles. The van der Waals surface area contributed by atoms with Crippen LogP contribution in [0.3, 0.4) is 0 Å². The zero-order chi connectivity index (χ0) is 24.3. The number of benzene rings is 2. The van der Waals surface area contributed by atoms with Crippen molar-refractivity contribution in [2.75, 3.05) is 64.3 Å². The van der Waals surface area contributed by atoms with E-state index in [9.17, 15) is 0 Å². The van der Waals surface area contributed by atoms with Crippen LogP contribution in [0.2, 0.25) is 0 Å². The maximum atomic E-state index is 5.85. The average molecular weight is 479 g/mol. The van der Waals surface area contributed by atoms with E-state index in [2.05, 4.69) is 9.97 Å². The zero-order valence-electron chi connectivity index (χ0n) is 19.5. The third-order valence-electron chi connectivity index (χ3n) is 5.11. The van der Waals surface area contributed by atoms with Crippen molar-refractivity contribution in [2.24, 2.45) is 0 Å². The fourth-order valence-corrected chi connectivity index (χ4v) is 3.53. The Bertz CT molecular complexity index is 1140. The number of ether oxygens (including phenoxy) is 5. The fraction of sp³-hybridized carbons (Fsp3) is 0.308. The summed E-state index contributed by atoms with van der Waals surface area (Å²) in [7, 11) is 0. The molecule has 35 heavy (non-hydrogen) atoms. The fourth-order valence-electron chi connectivity index (χ4n) is 3.53. The largest absolute Gasteiger partial charge is 0.490 e. The Morgan fingerprint density at radius 3 is 1.31 bits per heavy atom. The Morgan fingerprint density at radius 2 is 0.886 bits per heavy atom. The number of nitrogens with zero attached hydrogens (tertiary/aromatic N) is 2. The maximum absolute atomic E-state index is 5.85. The molecule has 0 radical (unpaired) electrons. The van der Waals surface area contributed by atoms with Crippen molar-refractivity contribution in [3.05, 3.63) is 60.7 Å². The summed E-state index contributed by atoms with van der Waals surface area (Å²) in [5.74, 6) is 2.26. The van der Waals surface area contributed by atoms with Crippen molar-refractivity contribution in [1.29, 1.82) is 0 Å². The van der Waals surface area contributed by atoms with Crippen LogP contribution in [0.1, 0.15) is 0 Å². The van der Waals surface area contributed by atoms with Gasteiger partial charge in [-0.2, -0.15) is 0 Å². The highest BCUT2D eigenvalue weighted by Gasteiger charge is 2.06. The van der Waals surface area contributed by atoms with Gasteiger partial charge in [0.25, 0.3) is 0 Å². The van der Waals surface area contributed by atoms with E-state index in [1.54, 1.807) is 12.1 Å². The number of nitrogen functional groups attached to an aromatic ring is 2. The van der Waals surface area contributed by atoms with Crippen molar-refractivity contribution < 1.29 is 23.7 Å². The lowest BCUT2D eigenvalue weighted by atomic mass is 10.2. The van der Waals surface area contributed by atoms with E-state index in [4.69, 9.17) is 35.2 Å². The van der Waals surface area contributed by atoms with Gasteiger partial charge in [-0.15, -0.1) is 0 Å². The van der Waals surface area contributed by atoms with Gasteiger partial charge in [-0.25, -0.2) is 9.97 Å². The van der Waals surface area contributed by atoms with Crippen LogP contribution >= 0.6 is 0 Å². The van der Waals surface area contributed by atoms with E-state index in [1.165, 1.54) is 0 Å². The van der Waals surface area contributed by atoms with Crippen LogP contribution in [0.15, 0.2) is 60.7 Å². The van der Waals surface area contributed by atoms with Crippen molar-refractivity contribution >= 4 is 33.4 Å². The van der Waals surface area contributed by atoms with Gasteiger partial charge in [-0.05, 0) is 24.3 Å². The first-order valence-corrected chi connectivity index (χ1v) is 11.5. The van der Waals surface area contributed by atoms with E-state index >= 15 is 0 Å². The van der Waals surface area contributed by atoms with Crippen molar-refractivity contribution in [2.45, 2.75) is 0 Å². The summed E-state index contributed by atoms with van der Waals surface area (Å²) < 4.78 is 28.3. The summed E-state index contributed by atoms with van der Waals surface area (Å²) in [6.07, 6.45) is 0. The van der Waals surface area contributed by atoms with Crippen LogP contribution in [0.4, 0.5) is 11.6 Å². The zero-order valence-corrected chi connectivity index (χ0v) is 19.5. The number of rotatable bonds is 14. The lowest BCUT2D eigenvalue weighted by Gasteiger charge is -2.11. The van der Waals surface area contributed by atoms with Crippen molar-refractivity contribution in [3.63, 3.8) is 0 Å². The third kappa shape index (κ3) is 7.16. The van der Waals surface area contributed by atoms with E-state index in [0.717, 1.165) is 21.8 Å². The van der Waals surface area contributed by atoms with Crippen LogP contribution in [0.5, 0.6) is 11.5 Å². The van der Waals surface area contributed by atoms with Gasteiger partial charge < -0.3 is 35.2 Å². The number of hydrogen-bond donors (Lipinski definition) is 2. The quantitative estimate of drug-likeness (QED) is 0.262. The molecule has 0 saturated heterocycles. The second kappa shape index (κ2) is 12.7. The first-order valence-electron chi connectivity index (χ1n) is 11.5. The van der Waals surface area contributed by atoms with E-state index in [-0.39, 0.29) is 0 Å². The van der Waals surface area contributed by atoms with Crippen LogP contribution in [-0.2, 0) is 14.2 Å². The van der Waals surface area contributed by atoms with Crippen molar-refractivity contribution in [1.82, 2.24) is 9.97 Å². The molecule has 0 amide bonds. The average Bonchev–Trinajstić information content (AvgIpc) is 2.86. The Labute approximate surface area is 203 Å². The molecule has 0 bridgehead atoms. The van der Waals surface area contributed by atoms with Crippen LogP contribution in [-0.4, -0.2) is 62.8 Å². The van der Waals surface area contributed by atoms with Crippen LogP contribution in [0.25, 0.3) is 21.8 Å². The molecule has 0 atom stereocenters. The van der Waals surface area contributed by atoms with Gasteiger partial charge in [0.15, 0.2) is 0 Å². The molecule has 0 fully saturated rings. The molecule has 2 aromatic heterocycles. The Balaban J connectivity index is 1.02. The van der Waals surface area contributed by atoms with Gasteiger partial charge in [0, 0.05) is 22.9 Å². The van der Waals surface area contributed by atoms with E-state index in [1.807, 2.05) is 48.5 Å². The van der Waals surface area contributed by atoms with Gasteiger partial charge in [-0.3, -0.25) is 0 Å². The Kier molecular flexibility index (Phi) is 8.88. The summed E-state index contributed by atoms with van der Waals surface area (Å²) in [6, 6.07) is 18.9. The lowest BCUT2D eigenvalue weighted by Crippen LogP contribution is -2.14. The topological polar surface area (TPSA) is 124 Å². The van der Waals surface area contributed by atoms with E-state index in [0.29, 0.717) is 76.0 Å². The molecule has 0 aliphatic heterocycles. The van der Waals surface area contributed by atoms with Gasteiger partial charge in [0.2, 0.25) is 0 Å².